The summed E-state index contributed by atoms with van der Waals surface area (Å²) in [7, 11) is -2.10. The first-order chi connectivity index (χ1) is 12.1. The Morgan fingerprint density at radius 2 is 1.92 bits per heavy atom. The number of fused-ring (bicyclic) bond motifs is 3. The summed E-state index contributed by atoms with van der Waals surface area (Å²) < 4.78 is 33.3. The quantitative estimate of drug-likeness (QED) is 0.746. The average molecular weight is 356 g/mol. The Bertz CT molecular complexity index is 1040. The van der Waals surface area contributed by atoms with Gasteiger partial charge in [0.15, 0.2) is 0 Å². The maximum absolute atomic E-state index is 12.8. The number of aromatic nitrogens is 1. The Labute approximate surface area is 147 Å². The molecule has 3 aromatic rings. The highest BCUT2D eigenvalue weighted by Crippen LogP contribution is 2.31. The predicted octanol–water partition coefficient (Wildman–Crippen LogP) is 3.86. The third-order valence-corrected chi connectivity index (χ3v) is 6.08. The molecule has 25 heavy (non-hydrogen) atoms. The van der Waals surface area contributed by atoms with Gasteiger partial charge in [-0.2, -0.15) is 0 Å². The molecule has 2 N–H and O–H groups in total. The van der Waals surface area contributed by atoms with Crippen LogP contribution >= 0.6 is 0 Å². The largest absolute Gasteiger partial charge is 0.497 e. The molecule has 0 amide bonds. The van der Waals surface area contributed by atoms with Gasteiger partial charge in [-0.25, -0.2) is 8.42 Å². The van der Waals surface area contributed by atoms with Crippen molar-refractivity contribution in [2.45, 2.75) is 30.6 Å². The number of nitrogens with one attached hydrogen (secondary N) is 2. The van der Waals surface area contributed by atoms with E-state index in [9.17, 15) is 8.42 Å². The zero-order chi connectivity index (χ0) is 17.4. The molecule has 0 saturated heterocycles. The number of H-pyrrole nitrogens is 1. The molecule has 0 fully saturated rings. The van der Waals surface area contributed by atoms with E-state index >= 15 is 0 Å². The summed E-state index contributed by atoms with van der Waals surface area (Å²) in [6, 6.07) is 12.2. The maximum atomic E-state index is 12.8. The number of ether oxygens (including phenoxy) is 1. The number of anilines is 1. The van der Waals surface area contributed by atoms with Crippen molar-refractivity contribution in [3.05, 3.63) is 53.7 Å². The van der Waals surface area contributed by atoms with Crippen LogP contribution in [0.5, 0.6) is 5.75 Å². The van der Waals surface area contributed by atoms with E-state index in [2.05, 4.69) is 9.71 Å². The lowest BCUT2D eigenvalue weighted by molar-refractivity contribution is 0.415. The lowest BCUT2D eigenvalue weighted by atomic mass is 9.96. The van der Waals surface area contributed by atoms with Crippen LogP contribution in [0.1, 0.15) is 24.1 Å². The second-order valence-electron chi connectivity index (χ2n) is 6.33. The number of benzene rings is 2. The SMILES string of the molecule is COc1cccc(NS(=O)(=O)c2ccc3[nH]c4c(c3c2)CCCC4)c1. The van der Waals surface area contributed by atoms with Crippen LogP contribution in [0, 0.1) is 0 Å². The van der Waals surface area contributed by atoms with Gasteiger partial charge in [0.05, 0.1) is 17.7 Å². The number of aryl methyl sites for hydroxylation is 2. The molecule has 0 bridgehead atoms. The van der Waals surface area contributed by atoms with E-state index in [0.717, 1.165) is 30.2 Å². The third-order valence-electron chi connectivity index (χ3n) is 4.70. The fourth-order valence-corrected chi connectivity index (χ4v) is 4.53. The number of aromatic amines is 1. The first-order valence-corrected chi connectivity index (χ1v) is 9.85. The minimum absolute atomic E-state index is 0.273. The molecule has 1 aromatic heterocycles. The van der Waals surface area contributed by atoms with Crippen molar-refractivity contribution in [1.82, 2.24) is 4.98 Å². The number of hydrogen-bond acceptors (Lipinski definition) is 3. The monoisotopic (exact) mass is 356 g/mol. The number of rotatable bonds is 4. The van der Waals surface area contributed by atoms with Crippen LogP contribution in [0.4, 0.5) is 5.69 Å². The Balaban J connectivity index is 1.72. The van der Waals surface area contributed by atoms with Gasteiger partial charge < -0.3 is 9.72 Å². The Hall–Kier alpha value is -2.47. The van der Waals surface area contributed by atoms with Crippen LogP contribution in [0.2, 0.25) is 0 Å². The van der Waals surface area contributed by atoms with Gasteiger partial charge in [0, 0.05) is 22.7 Å². The fourth-order valence-electron chi connectivity index (χ4n) is 3.45. The first kappa shape index (κ1) is 16.0. The highest BCUT2D eigenvalue weighted by Gasteiger charge is 2.19. The maximum Gasteiger partial charge on any atom is 0.261 e. The summed E-state index contributed by atoms with van der Waals surface area (Å²) >= 11 is 0. The van der Waals surface area contributed by atoms with E-state index in [4.69, 9.17) is 4.74 Å². The Morgan fingerprint density at radius 3 is 2.76 bits per heavy atom. The lowest BCUT2D eigenvalue weighted by Gasteiger charge is -2.11. The minimum atomic E-state index is -3.65. The van der Waals surface area contributed by atoms with Gasteiger partial charge in [-0.05, 0) is 61.6 Å². The molecule has 0 unspecified atom stereocenters. The summed E-state index contributed by atoms with van der Waals surface area (Å²) in [6.07, 6.45) is 4.37. The molecule has 1 heterocycles. The van der Waals surface area contributed by atoms with Crippen LogP contribution in [0.15, 0.2) is 47.4 Å². The summed E-state index contributed by atoms with van der Waals surface area (Å²) in [5, 5.41) is 1.02. The summed E-state index contributed by atoms with van der Waals surface area (Å²) in [5.74, 6) is 0.607. The van der Waals surface area contributed by atoms with E-state index in [1.165, 1.54) is 17.7 Å². The lowest BCUT2D eigenvalue weighted by Crippen LogP contribution is -2.13. The van der Waals surface area contributed by atoms with Gasteiger partial charge in [0.25, 0.3) is 10.0 Å². The Kier molecular flexibility index (Phi) is 3.92. The van der Waals surface area contributed by atoms with Crippen LogP contribution < -0.4 is 9.46 Å². The standard InChI is InChI=1S/C19H20N2O3S/c1-24-14-6-4-5-13(11-14)21-25(22,23)15-9-10-19-17(12-15)16-7-2-3-8-18(16)20-19/h4-6,9-12,20-21H,2-3,7-8H2,1H3. The topological polar surface area (TPSA) is 71.2 Å². The van der Waals surface area contributed by atoms with Crippen LogP contribution in [0.25, 0.3) is 10.9 Å². The van der Waals surface area contributed by atoms with E-state index in [0.29, 0.717) is 11.4 Å². The molecular formula is C19H20N2O3S. The molecule has 2 aromatic carbocycles. The van der Waals surface area contributed by atoms with Crippen molar-refractivity contribution in [3.63, 3.8) is 0 Å². The molecule has 0 radical (unpaired) electrons. The van der Waals surface area contributed by atoms with Crippen LogP contribution in [0.3, 0.4) is 0 Å². The van der Waals surface area contributed by atoms with Gasteiger partial charge >= 0.3 is 0 Å². The first-order valence-electron chi connectivity index (χ1n) is 8.37. The predicted molar refractivity (Wildman–Crippen MR) is 98.7 cm³/mol. The molecule has 4 rings (SSSR count). The molecule has 1 aliphatic carbocycles. The zero-order valence-electron chi connectivity index (χ0n) is 14.0. The van der Waals surface area contributed by atoms with Crippen molar-refractivity contribution in [2.75, 3.05) is 11.8 Å². The highest BCUT2D eigenvalue weighted by atomic mass is 32.2. The van der Waals surface area contributed by atoms with Crippen molar-refractivity contribution < 1.29 is 13.2 Å². The molecule has 0 atom stereocenters. The average Bonchev–Trinajstić information content (AvgIpc) is 2.99. The van der Waals surface area contributed by atoms with E-state index in [1.807, 2.05) is 6.07 Å². The molecule has 6 heteroatoms. The van der Waals surface area contributed by atoms with Crippen molar-refractivity contribution in [1.29, 1.82) is 0 Å². The number of methoxy groups -OCH3 is 1. The minimum Gasteiger partial charge on any atom is -0.497 e. The van der Waals surface area contributed by atoms with Gasteiger partial charge in [-0.15, -0.1) is 0 Å². The summed E-state index contributed by atoms with van der Waals surface area (Å²) in [4.78, 5) is 3.70. The molecule has 1 aliphatic rings. The van der Waals surface area contributed by atoms with Gasteiger partial charge in [0.1, 0.15) is 5.75 Å². The van der Waals surface area contributed by atoms with Crippen LogP contribution in [-0.2, 0) is 22.9 Å². The molecule has 130 valence electrons. The summed E-state index contributed by atoms with van der Waals surface area (Å²) in [5.41, 5.74) is 4.00. The van der Waals surface area contributed by atoms with Gasteiger partial charge in [0.2, 0.25) is 0 Å². The van der Waals surface area contributed by atoms with E-state index in [-0.39, 0.29) is 4.90 Å². The van der Waals surface area contributed by atoms with E-state index < -0.39 is 10.0 Å². The van der Waals surface area contributed by atoms with Gasteiger partial charge in [-0.1, -0.05) is 6.07 Å². The molecule has 0 aliphatic heterocycles. The van der Waals surface area contributed by atoms with Crippen molar-refractivity contribution in [2.24, 2.45) is 0 Å². The molecular weight excluding hydrogens is 336 g/mol. The molecule has 5 nitrogen and oxygen atoms in total. The molecule has 0 spiro atoms. The highest BCUT2D eigenvalue weighted by molar-refractivity contribution is 7.92. The van der Waals surface area contributed by atoms with Gasteiger partial charge in [-0.3, -0.25) is 4.72 Å². The van der Waals surface area contributed by atoms with E-state index in [1.54, 1.807) is 43.5 Å². The fraction of sp³-hybridized carbons (Fsp3) is 0.263. The van der Waals surface area contributed by atoms with Crippen LogP contribution in [-0.4, -0.2) is 20.5 Å². The third kappa shape index (κ3) is 2.98. The number of sulfonamides is 1. The number of hydrogen-bond donors (Lipinski definition) is 2. The zero-order valence-corrected chi connectivity index (χ0v) is 14.8. The summed E-state index contributed by atoms with van der Waals surface area (Å²) in [6.45, 7) is 0. The van der Waals surface area contributed by atoms with Crippen molar-refractivity contribution >= 4 is 26.6 Å². The second kappa shape index (κ2) is 6.11. The van der Waals surface area contributed by atoms with Crippen molar-refractivity contribution in [3.8, 4) is 5.75 Å². The molecule has 0 saturated carbocycles. The Morgan fingerprint density at radius 1 is 1.08 bits per heavy atom. The smallest absolute Gasteiger partial charge is 0.261 e. The normalized spacial score (nSPS) is 14.3. The second-order valence-corrected chi connectivity index (χ2v) is 8.02.